The first-order chi connectivity index (χ1) is 11.1. The SMILES string of the molecule is O=C(c1ccccc1)n1c2ccc(I)cc2c2cc(I)ccc21. The fourth-order valence-electron chi connectivity index (χ4n) is 2.90. The molecule has 2 nitrogen and oxygen atoms in total. The summed E-state index contributed by atoms with van der Waals surface area (Å²) in [4.78, 5) is 13.1. The first-order valence-electron chi connectivity index (χ1n) is 7.14. The summed E-state index contributed by atoms with van der Waals surface area (Å²) in [7, 11) is 0. The van der Waals surface area contributed by atoms with Crippen LogP contribution >= 0.6 is 45.2 Å². The average Bonchev–Trinajstić information content (AvgIpc) is 2.88. The van der Waals surface area contributed by atoms with Gasteiger partial charge in [-0.15, -0.1) is 0 Å². The van der Waals surface area contributed by atoms with Gasteiger partial charge in [-0.25, -0.2) is 0 Å². The Labute approximate surface area is 160 Å². The van der Waals surface area contributed by atoms with Crippen LogP contribution in [0.1, 0.15) is 10.4 Å². The van der Waals surface area contributed by atoms with Crippen molar-refractivity contribution in [3.63, 3.8) is 0 Å². The minimum absolute atomic E-state index is 0.00742. The molecule has 3 aromatic carbocycles. The van der Waals surface area contributed by atoms with Crippen molar-refractivity contribution >= 4 is 72.9 Å². The Morgan fingerprint density at radius 2 is 1.26 bits per heavy atom. The second kappa shape index (κ2) is 5.90. The number of fused-ring (bicyclic) bond motifs is 3. The standard InChI is InChI=1S/C19H11I2NO/c20-13-6-8-17-15(10-13)16-11-14(21)7-9-18(16)22(17)19(23)12-4-2-1-3-5-12/h1-11H. The molecule has 0 fully saturated rings. The Balaban J connectivity index is 2.10. The van der Waals surface area contributed by atoms with Gasteiger partial charge in [-0.3, -0.25) is 9.36 Å². The summed E-state index contributed by atoms with van der Waals surface area (Å²) in [5.74, 6) is 0.00742. The van der Waals surface area contributed by atoms with E-state index in [4.69, 9.17) is 0 Å². The molecular formula is C19H11I2NO. The van der Waals surface area contributed by atoms with E-state index < -0.39 is 0 Å². The highest BCUT2D eigenvalue weighted by Crippen LogP contribution is 2.32. The molecule has 0 radical (unpaired) electrons. The maximum Gasteiger partial charge on any atom is 0.262 e. The molecule has 1 aromatic heterocycles. The van der Waals surface area contributed by atoms with Gasteiger partial charge in [0.1, 0.15) is 0 Å². The molecule has 0 aliphatic rings. The van der Waals surface area contributed by atoms with Crippen molar-refractivity contribution in [3.8, 4) is 0 Å². The van der Waals surface area contributed by atoms with E-state index in [1.807, 2.05) is 59.2 Å². The number of hydrogen-bond acceptors (Lipinski definition) is 1. The molecule has 1 heterocycles. The lowest BCUT2D eigenvalue weighted by molar-refractivity contribution is 0.0969. The summed E-state index contributed by atoms with van der Waals surface area (Å²) in [5, 5.41) is 2.24. The number of aromatic nitrogens is 1. The maximum atomic E-state index is 13.1. The minimum atomic E-state index is 0.00742. The zero-order valence-electron chi connectivity index (χ0n) is 12.0. The van der Waals surface area contributed by atoms with E-state index >= 15 is 0 Å². The summed E-state index contributed by atoms with van der Waals surface area (Å²) >= 11 is 4.62. The molecule has 4 aromatic rings. The molecule has 0 saturated carbocycles. The quantitative estimate of drug-likeness (QED) is 0.294. The third kappa shape index (κ3) is 2.57. The summed E-state index contributed by atoms with van der Waals surface area (Å²) in [6, 6.07) is 21.9. The Hall–Kier alpha value is -1.41. The molecule has 0 aliphatic heterocycles. The van der Waals surface area contributed by atoms with Gasteiger partial charge in [0.25, 0.3) is 5.91 Å². The Morgan fingerprint density at radius 3 is 1.78 bits per heavy atom. The molecule has 0 saturated heterocycles. The van der Waals surface area contributed by atoms with Gasteiger partial charge in [-0.2, -0.15) is 0 Å². The van der Waals surface area contributed by atoms with Crippen LogP contribution in [0, 0.1) is 7.14 Å². The molecule has 0 N–H and O–H groups in total. The fourth-order valence-corrected chi connectivity index (χ4v) is 3.88. The van der Waals surface area contributed by atoms with E-state index in [0.29, 0.717) is 5.56 Å². The van der Waals surface area contributed by atoms with Crippen LogP contribution in [0.3, 0.4) is 0 Å². The molecule has 4 heteroatoms. The van der Waals surface area contributed by atoms with Gasteiger partial charge in [-0.1, -0.05) is 18.2 Å². The second-order valence-corrected chi connectivity index (χ2v) is 7.82. The van der Waals surface area contributed by atoms with Gasteiger partial charge in [0.15, 0.2) is 0 Å². The summed E-state index contributed by atoms with van der Waals surface area (Å²) in [6.45, 7) is 0. The molecule has 112 valence electrons. The van der Waals surface area contributed by atoms with E-state index in [2.05, 4.69) is 57.3 Å². The highest BCUT2D eigenvalue weighted by molar-refractivity contribution is 14.1. The highest BCUT2D eigenvalue weighted by Gasteiger charge is 2.17. The third-order valence-electron chi connectivity index (χ3n) is 3.91. The minimum Gasteiger partial charge on any atom is -0.276 e. The van der Waals surface area contributed by atoms with Crippen molar-refractivity contribution in [2.45, 2.75) is 0 Å². The molecule has 0 bridgehead atoms. The first-order valence-corrected chi connectivity index (χ1v) is 9.30. The monoisotopic (exact) mass is 523 g/mol. The summed E-state index contributed by atoms with van der Waals surface area (Å²) in [6.07, 6.45) is 0. The van der Waals surface area contributed by atoms with Gasteiger partial charge in [0.05, 0.1) is 11.0 Å². The Morgan fingerprint density at radius 1 is 0.739 bits per heavy atom. The van der Waals surface area contributed by atoms with Crippen molar-refractivity contribution in [1.29, 1.82) is 0 Å². The highest BCUT2D eigenvalue weighted by atomic mass is 127. The van der Waals surface area contributed by atoms with Gasteiger partial charge < -0.3 is 0 Å². The van der Waals surface area contributed by atoms with Crippen LogP contribution in [0.4, 0.5) is 0 Å². The van der Waals surface area contributed by atoms with Crippen molar-refractivity contribution in [2.24, 2.45) is 0 Å². The van der Waals surface area contributed by atoms with E-state index in [-0.39, 0.29) is 5.91 Å². The van der Waals surface area contributed by atoms with Crippen LogP contribution in [0.2, 0.25) is 0 Å². The lowest BCUT2D eigenvalue weighted by atomic mass is 10.2. The fraction of sp³-hybridized carbons (Fsp3) is 0. The molecule has 0 amide bonds. The van der Waals surface area contributed by atoms with E-state index in [1.54, 1.807) is 0 Å². The number of rotatable bonds is 1. The third-order valence-corrected chi connectivity index (χ3v) is 5.25. The van der Waals surface area contributed by atoms with Crippen molar-refractivity contribution in [3.05, 3.63) is 79.4 Å². The molecule has 0 unspecified atom stereocenters. The van der Waals surface area contributed by atoms with E-state index in [0.717, 1.165) is 21.8 Å². The Bertz CT molecular complexity index is 992. The first kappa shape index (κ1) is 15.1. The molecule has 23 heavy (non-hydrogen) atoms. The second-order valence-electron chi connectivity index (χ2n) is 5.33. The molecular weight excluding hydrogens is 512 g/mol. The van der Waals surface area contributed by atoms with Crippen LogP contribution in [-0.2, 0) is 0 Å². The van der Waals surface area contributed by atoms with Crippen molar-refractivity contribution in [2.75, 3.05) is 0 Å². The maximum absolute atomic E-state index is 13.1. The largest absolute Gasteiger partial charge is 0.276 e. The number of nitrogens with zero attached hydrogens (tertiary/aromatic N) is 1. The topological polar surface area (TPSA) is 22.0 Å². The van der Waals surface area contributed by atoms with Crippen molar-refractivity contribution in [1.82, 2.24) is 4.57 Å². The van der Waals surface area contributed by atoms with Gasteiger partial charge in [0.2, 0.25) is 0 Å². The average molecular weight is 523 g/mol. The van der Waals surface area contributed by atoms with Crippen molar-refractivity contribution < 1.29 is 4.79 Å². The predicted octanol–water partition coefficient (Wildman–Crippen LogP) is 5.69. The lowest BCUT2D eigenvalue weighted by Gasteiger charge is -2.06. The van der Waals surface area contributed by atoms with Crippen LogP contribution in [0.25, 0.3) is 21.8 Å². The van der Waals surface area contributed by atoms with Crippen LogP contribution in [0.15, 0.2) is 66.7 Å². The number of hydrogen-bond donors (Lipinski definition) is 0. The summed E-state index contributed by atoms with van der Waals surface area (Å²) < 4.78 is 4.16. The van der Waals surface area contributed by atoms with Crippen LogP contribution in [-0.4, -0.2) is 10.5 Å². The predicted molar refractivity (Wildman–Crippen MR) is 111 cm³/mol. The molecule has 4 rings (SSSR count). The molecule has 0 aliphatic carbocycles. The Kier molecular flexibility index (Phi) is 3.88. The number of carbonyl (C=O) groups excluding carboxylic acids is 1. The van der Waals surface area contributed by atoms with Gasteiger partial charge >= 0.3 is 0 Å². The smallest absolute Gasteiger partial charge is 0.262 e. The van der Waals surface area contributed by atoms with E-state index in [1.165, 1.54) is 7.14 Å². The van der Waals surface area contributed by atoms with Crippen LogP contribution < -0.4 is 0 Å². The number of halogens is 2. The summed E-state index contributed by atoms with van der Waals surface area (Å²) in [5.41, 5.74) is 2.61. The number of carbonyl (C=O) groups is 1. The molecule has 0 spiro atoms. The van der Waals surface area contributed by atoms with Gasteiger partial charge in [-0.05, 0) is 93.7 Å². The molecule has 0 atom stereocenters. The van der Waals surface area contributed by atoms with Crippen LogP contribution in [0.5, 0.6) is 0 Å². The van der Waals surface area contributed by atoms with Gasteiger partial charge in [0, 0.05) is 23.5 Å². The number of benzene rings is 3. The zero-order chi connectivity index (χ0) is 16.0. The normalized spacial score (nSPS) is 11.2. The zero-order valence-corrected chi connectivity index (χ0v) is 16.3. The van der Waals surface area contributed by atoms with E-state index in [9.17, 15) is 4.79 Å². The lowest BCUT2D eigenvalue weighted by Crippen LogP contribution is -2.11.